The minimum absolute atomic E-state index is 0.0235. The Balaban J connectivity index is 2.95. The van der Waals surface area contributed by atoms with Gasteiger partial charge in [-0.3, -0.25) is 10.1 Å². The van der Waals surface area contributed by atoms with Crippen molar-refractivity contribution < 1.29 is 9.66 Å². The van der Waals surface area contributed by atoms with Crippen LogP contribution >= 0.6 is 0 Å². The number of nitrogens with zero attached hydrogens (tertiary/aromatic N) is 1. The second kappa shape index (κ2) is 6.38. The van der Waals surface area contributed by atoms with E-state index in [0.29, 0.717) is 18.0 Å². The Bertz CT molecular complexity index is 445. The van der Waals surface area contributed by atoms with Crippen molar-refractivity contribution in [3.8, 4) is 5.75 Å². The Labute approximate surface area is 113 Å². The molecule has 0 radical (unpaired) electrons. The zero-order valence-electron chi connectivity index (χ0n) is 11.6. The molecule has 0 unspecified atom stereocenters. The summed E-state index contributed by atoms with van der Waals surface area (Å²) in [6.45, 7) is 4.49. The molecule has 0 fully saturated rings. The van der Waals surface area contributed by atoms with Gasteiger partial charge in [0.2, 0.25) is 0 Å². The Hall–Kier alpha value is -1.82. The fourth-order valence-electron chi connectivity index (χ4n) is 1.71. The number of nitrogens with one attached hydrogen (secondary N) is 1. The SMILES string of the molecule is CCC(N)(CC)CNc1cc(OC)ccc1[N+](=O)[O-]. The summed E-state index contributed by atoms with van der Waals surface area (Å²) in [6.07, 6.45) is 1.60. The quantitative estimate of drug-likeness (QED) is 0.585. The maximum absolute atomic E-state index is 11.0. The van der Waals surface area contributed by atoms with E-state index in [0.717, 1.165) is 12.8 Å². The van der Waals surface area contributed by atoms with E-state index >= 15 is 0 Å². The summed E-state index contributed by atoms with van der Waals surface area (Å²) >= 11 is 0. The first kappa shape index (κ1) is 15.2. The predicted octanol–water partition coefficient (Wildman–Crippen LogP) is 2.53. The van der Waals surface area contributed by atoms with Crippen LogP contribution in [-0.2, 0) is 0 Å². The van der Waals surface area contributed by atoms with Gasteiger partial charge in [-0.25, -0.2) is 0 Å². The first-order chi connectivity index (χ1) is 8.95. The maximum Gasteiger partial charge on any atom is 0.292 e. The van der Waals surface area contributed by atoms with Crippen molar-refractivity contribution in [3.05, 3.63) is 28.3 Å². The fourth-order valence-corrected chi connectivity index (χ4v) is 1.71. The van der Waals surface area contributed by atoms with Crippen molar-refractivity contribution in [1.82, 2.24) is 0 Å². The average Bonchev–Trinajstić information content (AvgIpc) is 2.44. The zero-order chi connectivity index (χ0) is 14.5. The molecule has 0 bridgehead atoms. The van der Waals surface area contributed by atoms with Gasteiger partial charge < -0.3 is 15.8 Å². The maximum atomic E-state index is 11.0. The molecule has 1 aromatic carbocycles. The van der Waals surface area contributed by atoms with Crippen molar-refractivity contribution in [2.75, 3.05) is 19.0 Å². The summed E-state index contributed by atoms with van der Waals surface area (Å²) < 4.78 is 5.08. The standard InChI is InChI=1S/C13H21N3O3/c1-4-13(14,5-2)9-15-11-8-10(19-3)6-7-12(11)16(17)18/h6-8,15H,4-5,9,14H2,1-3H3. The van der Waals surface area contributed by atoms with Crippen molar-refractivity contribution in [2.45, 2.75) is 32.2 Å². The molecule has 0 spiro atoms. The third-order valence-corrected chi connectivity index (χ3v) is 3.44. The molecule has 0 aliphatic rings. The molecule has 3 N–H and O–H groups in total. The molecule has 0 aliphatic heterocycles. The van der Waals surface area contributed by atoms with E-state index in [-0.39, 0.29) is 11.2 Å². The monoisotopic (exact) mass is 267 g/mol. The first-order valence-corrected chi connectivity index (χ1v) is 6.31. The largest absolute Gasteiger partial charge is 0.497 e. The minimum Gasteiger partial charge on any atom is -0.497 e. The average molecular weight is 267 g/mol. The van der Waals surface area contributed by atoms with E-state index in [1.807, 2.05) is 13.8 Å². The normalized spacial score (nSPS) is 11.2. The second-order valence-corrected chi connectivity index (χ2v) is 4.56. The van der Waals surface area contributed by atoms with Crippen LogP contribution in [0.3, 0.4) is 0 Å². The molecule has 6 heteroatoms. The van der Waals surface area contributed by atoms with Crippen LogP contribution in [0.1, 0.15) is 26.7 Å². The van der Waals surface area contributed by atoms with Crippen LogP contribution in [0.4, 0.5) is 11.4 Å². The van der Waals surface area contributed by atoms with E-state index < -0.39 is 4.92 Å². The number of methoxy groups -OCH3 is 1. The van der Waals surface area contributed by atoms with Crippen LogP contribution in [0.5, 0.6) is 5.75 Å². The molecule has 1 rings (SSSR count). The van der Waals surface area contributed by atoms with Gasteiger partial charge in [-0.15, -0.1) is 0 Å². The first-order valence-electron chi connectivity index (χ1n) is 6.31. The number of ether oxygens (including phenoxy) is 1. The van der Waals surface area contributed by atoms with Crippen LogP contribution < -0.4 is 15.8 Å². The van der Waals surface area contributed by atoms with Gasteiger partial charge in [0.25, 0.3) is 5.69 Å². The summed E-state index contributed by atoms with van der Waals surface area (Å²) in [5.74, 6) is 0.573. The van der Waals surface area contributed by atoms with Crippen LogP contribution in [0, 0.1) is 10.1 Å². The van der Waals surface area contributed by atoms with E-state index in [1.165, 1.54) is 13.2 Å². The van der Waals surface area contributed by atoms with Gasteiger partial charge in [0.15, 0.2) is 0 Å². The van der Waals surface area contributed by atoms with Gasteiger partial charge in [0.05, 0.1) is 12.0 Å². The number of anilines is 1. The van der Waals surface area contributed by atoms with Gasteiger partial charge in [-0.2, -0.15) is 0 Å². The Morgan fingerprint density at radius 2 is 2.05 bits per heavy atom. The highest BCUT2D eigenvalue weighted by Crippen LogP contribution is 2.29. The minimum atomic E-state index is -0.419. The van der Waals surface area contributed by atoms with Crippen LogP contribution in [0.15, 0.2) is 18.2 Å². The topological polar surface area (TPSA) is 90.4 Å². The molecule has 106 valence electrons. The Kier molecular flexibility index (Phi) is 5.11. The second-order valence-electron chi connectivity index (χ2n) is 4.56. The number of nitro groups is 1. The summed E-state index contributed by atoms with van der Waals surface area (Å²) in [5.41, 5.74) is 6.27. The lowest BCUT2D eigenvalue weighted by atomic mass is 9.94. The van der Waals surface area contributed by atoms with Gasteiger partial charge >= 0.3 is 0 Å². The van der Waals surface area contributed by atoms with Gasteiger partial charge in [0.1, 0.15) is 11.4 Å². The molecule has 0 saturated carbocycles. The highest BCUT2D eigenvalue weighted by molar-refractivity contribution is 5.64. The predicted molar refractivity (Wildman–Crippen MR) is 75.6 cm³/mol. The molecule has 0 heterocycles. The molecule has 0 atom stereocenters. The molecular weight excluding hydrogens is 246 g/mol. The molecule has 6 nitrogen and oxygen atoms in total. The number of nitrogens with two attached hydrogens (primary N) is 1. The van der Waals surface area contributed by atoms with E-state index in [4.69, 9.17) is 10.5 Å². The smallest absolute Gasteiger partial charge is 0.292 e. The van der Waals surface area contributed by atoms with Gasteiger partial charge in [-0.05, 0) is 18.9 Å². The van der Waals surface area contributed by atoms with Crippen LogP contribution in [0.25, 0.3) is 0 Å². The third-order valence-electron chi connectivity index (χ3n) is 3.44. The highest BCUT2D eigenvalue weighted by atomic mass is 16.6. The summed E-state index contributed by atoms with van der Waals surface area (Å²) in [6, 6.07) is 4.61. The van der Waals surface area contributed by atoms with E-state index in [9.17, 15) is 10.1 Å². The number of hydrogen-bond donors (Lipinski definition) is 2. The third kappa shape index (κ3) is 3.82. The Morgan fingerprint density at radius 1 is 1.42 bits per heavy atom. The molecule has 1 aromatic rings. The lowest BCUT2D eigenvalue weighted by Gasteiger charge is -2.27. The lowest BCUT2D eigenvalue weighted by molar-refractivity contribution is -0.384. The molecule has 0 amide bonds. The van der Waals surface area contributed by atoms with Crippen molar-refractivity contribution in [1.29, 1.82) is 0 Å². The lowest BCUT2D eigenvalue weighted by Crippen LogP contribution is -2.45. The van der Waals surface area contributed by atoms with Crippen LogP contribution in [0.2, 0.25) is 0 Å². The number of rotatable bonds is 7. The van der Waals surface area contributed by atoms with Gasteiger partial charge in [-0.1, -0.05) is 13.8 Å². The molecular formula is C13H21N3O3. The molecule has 0 aliphatic carbocycles. The van der Waals surface area contributed by atoms with Crippen molar-refractivity contribution >= 4 is 11.4 Å². The van der Waals surface area contributed by atoms with E-state index in [2.05, 4.69) is 5.32 Å². The summed E-state index contributed by atoms with van der Waals surface area (Å²) in [7, 11) is 1.52. The summed E-state index contributed by atoms with van der Waals surface area (Å²) in [5, 5.41) is 14.0. The molecule has 19 heavy (non-hydrogen) atoms. The van der Waals surface area contributed by atoms with Crippen molar-refractivity contribution in [2.24, 2.45) is 5.73 Å². The van der Waals surface area contributed by atoms with E-state index in [1.54, 1.807) is 12.1 Å². The van der Waals surface area contributed by atoms with Crippen LogP contribution in [-0.4, -0.2) is 24.1 Å². The zero-order valence-corrected chi connectivity index (χ0v) is 11.6. The molecule has 0 aromatic heterocycles. The van der Waals surface area contributed by atoms with Crippen molar-refractivity contribution in [3.63, 3.8) is 0 Å². The highest BCUT2D eigenvalue weighted by Gasteiger charge is 2.22. The molecule has 0 saturated heterocycles. The fraction of sp³-hybridized carbons (Fsp3) is 0.538. The van der Waals surface area contributed by atoms with Gasteiger partial charge in [0, 0.05) is 24.2 Å². The Morgan fingerprint density at radius 3 is 2.53 bits per heavy atom. The summed E-state index contributed by atoms with van der Waals surface area (Å²) in [4.78, 5) is 10.6. The number of hydrogen-bond acceptors (Lipinski definition) is 5. The number of nitro benzene ring substituents is 1. The number of benzene rings is 1.